The second-order valence-corrected chi connectivity index (χ2v) is 8.24. The largest absolute Gasteiger partial charge is 0.352 e. The molecule has 1 aliphatic carbocycles. The molecule has 1 aliphatic heterocycles. The Morgan fingerprint density at radius 1 is 1.07 bits per heavy atom. The summed E-state index contributed by atoms with van der Waals surface area (Å²) in [5.41, 5.74) is 3.55. The molecule has 28 heavy (non-hydrogen) atoms. The lowest BCUT2D eigenvalue weighted by Crippen LogP contribution is -2.43. The van der Waals surface area contributed by atoms with Crippen molar-refractivity contribution >= 4 is 5.91 Å². The fourth-order valence-corrected chi connectivity index (χ4v) is 4.72. The Balaban J connectivity index is 1.22. The van der Waals surface area contributed by atoms with E-state index in [0.29, 0.717) is 23.9 Å². The molecule has 1 unspecified atom stereocenters. The second kappa shape index (κ2) is 8.87. The number of nitrogens with one attached hydrogen (secondary N) is 1. The summed E-state index contributed by atoms with van der Waals surface area (Å²) in [4.78, 5) is 14.9. The van der Waals surface area contributed by atoms with Gasteiger partial charge in [0.1, 0.15) is 5.82 Å². The van der Waals surface area contributed by atoms with Crippen molar-refractivity contribution in [3.8, 4) is 0 Å². The molecule has 1 atom stereocenters. The molecule has 1 amide bonds. The molecule has 2 aromatic rings. The van der Waals surface area contributed by atoms with Crippen LogP contribution in [0.3, 0.4) is 0 Å². The fourth-order valence-electron chi connectivity index (χ4n) is 4.72. The molecule has 1 N–H and O–H groups in total. The van der Waals surface area contributed by atoms with E-state index in [1.54, 1.807) is 18.2 Å². The van der Waals surface area contributed by atoms with Gasteiger partial charge in [-0.25, -0.2) is 4.39 Å². The first-order valence-electron chi connectivity index (χ1n) is 10.5. The fraction of sp³-hybridized carbons (Fsp3) is 0.458. The van der Waals surface area contributed by atoms with E-state index in [1.165, 1.54) is 36.6 Å². The molecular formula is C24H29FN2O. The van der Waals surface area contributed by atoms with Crippen molar-refractivity contribution in [2.24, 2.45) is 5.92 Å². The average Bonchev–Trinajstić information content (AvgIpc) is 3.16. The molecule has 0 spiro atoms. The maximum atomic E-state index is 13.6. The Morgan fingerprint density at radius 2 is 1.79 bits per heavy atom. The van der Waals surface area contributed by atoms with Crippen molar-refractivity contribution in [1.29, 1.82) is 0 Å². The minimum absolute atomic E-state index is 0.0219. The first-order chi connectivity index (χ1) is 13.7. The van der Waals surface area contributed by atoms with E-state index < -0.39 is 0 Å². The van der Waals surface area contributed by atoms with Crippen LogP contribution in [0.25, 0.3) is 0 Å². The van der Waals surface area contributed by atoms with Crippen LogP contribution in [0.2, 0.25) is 0 Å². The molecular weight excluding hydrogens is 351 g/mol. The molecule has 2 aromatic carbocycles. The van der Waals surface area contributed by atoms with Gasteiger partial charge in [0.25, 0.3) is 0 Å². The zero-order valence-electron chi connectivity index (χ0n) is 16.4. The predicted molar refractivity (Wildman–Crippen MR) is 109 cm³/mol. The van der Waals surface area contributed by atoms with Gasteiger partial charge in [-0.05, 0) is 61.8 Å². The number of nitrogens with zero attached hydrogens (tertiary/aromatic N) is 1. The van der Waals surface area contributed by atoms with Crippen molar-refractivity contribution in [1.82, 2.24) is 10.2 Å². The first kappa shape index (κ1) is 19.1. The van der Waals surface area contributed by atoms with Gasteiger partial charge in [0, 0.05) is 31.1 Å². The molecule has 0 bridgehead atoms. The summed E-state index contributed by atoms with van der Waals surface area (Å²) >= 11 is 0. The molecule has 1 fully saturated rings. The molecule has 0 radical (unpaired) electrons. The molecule has 4 heteroatoms. The number of rotatable bonds is 6. The van der Waals surface area contributed by atoms with Gasteiger partial charge in [0.15, 0.2) is 0 Å². The Hall–Kier alpha value is -2.20. The van der Waals surface area contributed by atoms with E-state index >= 15 is 0 Å². The molecule has 3 nitrogen and oxygen atoms in total. The number of fused-ring (bicyclic) bond motifs is 1. The van der Waals surface area contributed by atoms with Gasteiger partial charge in [-0.1, -0.05) is 42.5 Å². The van der Waals surface area contributed by atoms with Gasteiger partial charge in [0.05, 0.1) is 0 Å². The van der Waals surface area contributed by atoms with Crippen LogP contribution in [0.15, 0.2) is 48.5 Å². The van der Waals surface area contributed by atoms with Crippen LogP contribution in [-0.2, 0) is 24.2 Å². The molecule has 2 aliphatic rings. The number of halogens is 1. The van der Waals surface area contributed by atoms with Gasteiger partial charge < -0.3 is 5.32 Å². The topological polar surface area (TPSA) is 32.3 Å². The standard InChI is InChI=1S/C24H29FN2O/c25-23-10-4-3-9-21(23)16-26-24(28)12-11-18-6-5-13-27(17-18)22-14-19-7-1-2-8-20(19)15-22/h1-4,7-10,18,22H,5-6,11-17H2,(H,26,28). The lowest BCUT2D eigenvalue weighted by Gasteiger charge is -2.36. The minimum Gasteiger partial charge on any atom is -0.352 e. The number of hydrogen-bond acceptors (Lipinski definition) is 2. The van der Waals surface area contributed by atoms with Crippen LogP contribution in [-0.4, -0.2) is 29.9 Å². The van der Waals surface area contributed by atoms with Crippen LogP contribution >= 0.6 is 0 Å². The van der Waals surface area contributed by atoms with Crippen molar-refractivity contribution in [3.05, 3.63) is 71.0 Å². The highest BCUT2D eigenvalue weighted by Crippen LogP contribution is 2.30. The zero-order valence-corrected chi connectivity index (χ0v) is 16.4. The Kier molecular flexibility index (Phi) is 6.06. The van der Waals surface area contributed by atoms with Crippen molar-refractivity contribution in [3.63, 3.8) is 0 Å². The SMILES string of the molecule is O=C(CCC1CCCN(C2Cc3ccccc3C2)C1)NCc1ccccc1F. The Labute approximate surface area is 166 Å². The monoisotopic (exact) mass is 380 g/mol. The van der Waals surface area contributed by atoms with Crippen LogP contribution in [0, 0.1) is 11.7 Å². The summed E-state index contributed by atoms with van der Waals surface area (Å²) in [5, 5.41) is 2.87. The summed E-state index contributed by atoms with van der Waals surface area (Å²) in [6.45, 7) is 2.54. The smallest absolute Gasteiger partial charge is 0.220 e. The molecule has 0 saturated carbocycles. The van der Waals surface area contributed by atoms with E-state index in [9.17, 15) is 9.18 Å². The number of piperidine rings is 1. The Bertz CT molecular complexity index is 797. The summed E-state index contributed by atoms with van der Waals surface area (Å²) < 4.78 is 13.6. The Morgan fingerprint density at radius 3 is 2.54 bits per heavy atom. The van der Waals surface area contributed by atoms with Crippen LogP contribution in [0.1, 0.15) is 42.4 Å². The third kappa shape index (κ3) is 4.61. The van der Waals surface area contributed by atoms with Crippen LogP contribution in [0.5, 0.6) is 0 Å². The number of carbonyl (C=O) groups excluding carboxylic acids is 1. The van der Waals surface area contributed by atoms with Crippen LogP contribution < -0.4 is 5.32 Å². The number of benzene rings is 2. The van der Waals surface area contributed by atoms with Gasteiger partial charge >= 0.3 is 0 Å². The number of likely N-dealkylation sites (tertiary alicyclic amines) is 1. The van der Waals surface area contributed by atoms with E-state index in [2.05, 4.69) is 34.5 Å². The summed E-state index contributed by atoms with van der Waals surface area (Å²) in [5.74, 6) is 0.341. The highest BCUT2D eigenvalue weighted by atomic mass is 19.1. The summed E-state index contributed by atoms with van der Waals surface area (Å²) in [7, 11) is 0. The molecule has 148 valence electrons. The highest BCUT2D eigenvalue weighted by Gasteiger charge is 2.30. The predicted octanol–water partition coefficient (Wildman–Crippen LogP) is 4.10. The third-order valence-electron chi connectivity index (χ3n) is 6.31. The maximum Gasteiger partial charge on any atom is 0.220 e. The quantitative estimate of drug-likeness (QED) is 0.818. The summed E-state index contributed by atoms with van der Waals surface area (Å²) in [6.07, 6.45) is 6.18. The van der Waals surface area contributed by atoms with E-state index in [4.69, 9.17) is 0 Å². The third-order valence-corrected chi connectivity index (χ3v) is 6.31. The van der Waals surface area contributed by atoms with Crippen molar-refractivity contribution < 1.29 is 9.18 Å². The molecule has 4 rings (SSSR count). The number of hydrogen-bond donors (Lipinski definition) is 1. The number of carbonyl (C=O) groups is 1. The van der Waals surface area contributed by atoms with Crippen molar-refractivity contribution in [2.45, 2.75) is 51.1 Å². The van der Waals surface area contributed by atoms with Gasteiger partial charge in [-0.15, -0.1) is 0 Å². The summed E-state index contributed by atoms with van der Waals surface area (Å²) in [6, 6.07) is 16.0. The molecule has 0 aromatic heterocycles. The van der Waals surface area contributed by atoms with Crippen molar-refractivity contribution in [2.75, 3.05) is 13.1 Å². The van der Waals surface area contributed by atoms with Gasteiger partial charge in [0.2, 0.25) is 5.91 Å². The minimum atomic E-state index is -0.261. The van der Waals surface area contributed by atoms with Gasteiger partial charge in [-0.3, -0.25) is 9.69 Å². The lowest BCUT2D eigenvalue weighted by molar-refractivity contribution is -0.121. The normalized spacial score (nSPS) is 20.1. The first-order valence-corrected chi connectivity index (χ1v) is 10.5. The van der Waals surface area contributed by atoms with Gasteiger partial charge in [-0.2, -0.15) is 0 Å². The lowest BCUT2D eigenvalue weighted by atomic mass is 9.92. The van der Waals surface area contributed by atoms with E-state index in [-0.39, 0.29) is 18.3 Å². The zero-order chi connectivity index (χ0) is 19.3. The molecule has 1 heterocycles. The highest BCUT2D eigenvalue weighted by molar-refractivity contribution is 5.75. The van der Waals surface area contributed by atoms with E-state index in [1.807, 2.05) is 0 Å². The molecule has 1 saturated heterocycles. The second-order valence-electron chi connectivity index (χ2n) is 8.24. The van der Waals surface area contributed by atoms with E-state index in [0.717, 1.165) is 25.8 Å². The number of amides is 1. The maximum absolute atomic E-state index is 13.6. The average molecular weight is 381 g/mol. The van der Waals surface area contributed by atoms with Crippen LogP contribution in [0.4, 0.5) is 4.39 Å².